The monoisotopic (exact) mass is 302 g/mol. The fraction of sp³-hybridized carbons (Fsp3) is 0.462. The number of hydrogen-bond acceptors (Lipinski definition) is 3. The van der Waals surface area contributed by atoms with Gasteiger partial charge >= 0.3 is 0 Å². The van der Waals surface area contributed by atoms with E-state index in [9.17, 15) is 4.79 Å². The Kier molecular flexibility index (Phi) is 4.23. The van der Waals surface area contributed by atoms with Crippen molar-refractivity contribution in [2.75, 3.05) is 18.8 Å². The molecule has 1 saturated heterocycles. The van der Waals surface area contributed by atoms with Crippen molar-refractivity contribution in [2.24, 2.45) is 0 Å². The molecule has 0 unspecified atom stereocenters. The summed E-state index contributed by atoms with van der Waals surface area (Å²) in [5, 5.41) is 0.593. The predicted molar refractivity (Wildman–Crippen MR) is 76.8 cm³/mol. The maximum atomic E-state index is 12.4. The summed E-state index contributed by atoms with van der Waals surface area (Å²) < 4.78 is 5.60. The van der Waals surface area contributed by atoms with E-state index in [1.54, 1.807) is 17.0 Å². The van der Waals surface area contributed by atoms with Crippen LogP contribution < -0.4 is 5.73 Å². The summed E-state index contributed by atoms with van der Waals surface area (Å²) in [6, 6.07) is 3.10. The van der Waals surface area contributed by atoms with E-state index in [0.717, 1.165) is 0 Å². The molecule has 1 aromatic carbocycles. The van der Waals surface area contributed by atoms with Crippen LogP contribution in [0, 0.1) is 0 Å². The van der Waals surface area contributed by atoms with E-state index in [2.05, 4.69) is 0 Å². The van der Waals surface area contributed by atoms with Crippen LogP contribution >= 0.6 is 23.2 Å². The largest absolute Gasteiger partial charge is 0.396 e. The maximum absolute atomic E-state index is 12.4. The minimum Gasteiger partial charge on any atom is -0.396 e. The summed E-state index contributed by atoms with van der Waals surface area (Å²) in [6.07, 6.45) is 0.0415. The van der Waals surface area contributed by atoms with Gasteiger partial charge in [0.05, 0.1) is 27.9 Å². The molecule has 0 bridgehead atoms. The number of nitrogens with two attached hydrogens (primary N) is 1. The van der Waals surface area contributed by atoms with Gasteiger partial charge in [0.1, 0.15) is 0 Å². The molecule has 6 heteroatoms. The first-order valence-corrected chi connectivity index (χ1v) is 6.83. The number of amides is 1. The summed E-state index contributed by atoms with van der Waals surface area (Å²) in [5.41, 5.74) is 6.41. The van der Waals surface area contributed by atoms with Crippen LogP contribution in [0.2, 0.25) is 10.0 Å². The summed E-state index contributed by atoms with van der Waals surface area (Å²) >= 11 is 11.9. The number of carbonyl (C=O) groups excluding carboxylic acids is 1. The minimum absolute atomic E-state index is 0.0208. The predicted octanol–water partition coefficient (Wildman–Crippen LogP) is 2.83. The number of carbonyl (C=O) groups is 1. The summed E-state index contributed by atoms with van der Waals surface area (Å²) in [4.78, 5) is 14.2. The first-order valence-electron chi connectivity index (χ1n) is 6.07. The molecule has 0 aliphatic carbocycles. The lowest BCUT2D eigenvalue weighted by Gasteiger charge is -2.35. The van der Waals surface area contributed by atoms with Crippen molar-refractivity contribution in [1.82, 2.24) is 4.90 Å². The van der Waals surface area contributed by atoms with Gasteiger partial charge in [0.15, 0.2) is 0 Å². The zero-order valence-electron chi connectivity index (χ0n) is 10.8. The topological polar surface area (TPSA) is 55.6 Å². The van der Waals surface area contributed by atoms with Crippen LogP contribution in [-0.2, 0) is 4.74 Å². The lowest BCUT2D eigenvalue weighted by Crippen LogP contribution is -2.48. The number of benzene rings is 1. The Morgan fingerprint density at radius 1 is 1.26 bits per heavy atom. The number of nitrogen functional groups attached to an aromatic ring is 1. The average molecular weight is 303 g/mol. The molecule has 2 rings (SSSR count). The molecule has 1 aliphatic rings. The second-order valence-electron chi connectivity index (χ2n) is 4.82. The van der Waals surface area contributed by atoms with E-state index in [1.165, 1.54) is 0 Å². The highest BCUT2D eigenvalue weighted by Crippen LogP contribution is 2.29. The minimum atomic E-state index is -0.106. The lowest BCUT2D eigenvalue weighted by molar-refractivity contribution is -0.0586. The van der Waals surface area contributed by atoms with Gasteiger partial charge in [-0.05, 0) is 26.0 Å². The van der Waals surface area contributed by atoms with E-state index in [-0.39, 0.29) is 18.1 Å². The highest BCUT2D eigenvalue weighted by molar-refractivity contribution is 6.39. The fourth-order valence-electron chi connectivity index (χ4n) is 2.23. The second-order valence-corrected chi connectivity index (χ2v) is 5.64. The molecular formula is C13H16Cl2N2O2. The van der Waals surface area contributed by atoms with Crippen LogP contribution in [0.3, 0.4) is 0 Å². The Bertz CT molecular complexity index is 474. The highest BCUT2D eigenvalue weighted by atomic mass is 35.5. The van der Waals surface area contributed by atoms with Gasteiger partial charge in [-0.25, -0.2) is 0 Å². The number of anilines is 1. The van der Waals surface area contributed by atoms with E-state index >= 15 is 0 Å². The SMILES string of the molecule is C[C@@H]1CN(C(=O)c2cc(Cl)c(N)c(Cl)c2)C[C@H](C)O1. The standard InChI is InChI=1S/C13H16Cl2N2O2/c1-7-5-17(6-8(2)19-7)13(18)9-3-10(14)12(16)11(15)4-9/h3-4,7-8H,5-6,16H2,1-2H3/t7-,8+. The van der Waals surface area contributed by atoms with Crippen molar-refractivity contribution in [2.45, 2.75) is 26.1 Å². The molecule has 1 heterocycles. The van der Waals surface area contributed by atoms with Gasteiger partial charge in [0.2, 0.25) is 0 Å². The third-order valence-corrected chi connectivity index (χ3v) is 3.66. The molecule has 104 valence electrons. The highest BCUT2D eigenvalue weighted by Gasteiger charge is 2.27. The Labute approximate surface area is 122 Å². The number of morpholine rings is 1. The van der Waals surface area contributed by atoms with Gasteiger partial charge in [-0.3, -0.25) is 4.79 Å². The van der Waals surface area contributed by atoms with Crippen LogP contribution in [0.25, 0.3) is 0 Å². The van der Waals surface area contributed by atoms with E-state index in [4.69, 9.17) is 33.7 Å². The normalized spacial score (nSPS) is 23.5. The van der Waals surface area contributed by atoms with Crippen molar-refractivity contribution < 1.29 is 9.53 Å². The van der Waals surface area contributed by atoms with Gasteiger partial charge in [-0.15, -0.1) is 0 Å². The van der Waals surface area contributed by atoms with Gasteiger partial charge in [0, 0.05) is 18.7 Å². The summed E-state index contributed by atoms with van der Waals surface area (Å²) in [5.74, 6) is -0.106. The first kappa shape index (κ1) is 14.4. The fourth-order valence-corrected chi connectivity index (χ4v) is 2.72. The molecule has 1 amide bonds. The Hall–Kier alpha value is -0.970. The zero-order chi connectivity index (χ0) is 14.2. The van der Waals surface area contributed by atoms with Crippen LogP contribution in [0.15, 0.2) is 12.1 Å². The Balaban J connectivity index is 2.24. The number of hydrogen-bond donors (Lipinski definition) is 1. The van der Waals surface area contributed by atoms with E-state index in [1.807, 2.05) is 13.8 Å². The van der Waals surface area contributed by atoms with Crippen molar-refractivity contribution in [3.63, 3.8) is 0 Å². The summed E-state index contributed by atoms with van der Waals surface area (Å²) in [6.45, 7) is 5.00. The van der Waals surface area contributed by atoms with Gasteiger partial charge in [-0.1, -0.05) is 23.2 Å². The third kappa shape index (κ3) is 3.14. The van der Waals surface area contributed by atoms with E-state index in [0.29, 0.717) is 34.4 Å². The molecule has 0 radical (unpaired) electrons. The molecule has 4 nitrogen and oxygen atoms in total. The number of rotatable bonds is 1. The van der Waals surface area contributed by atoms with Crippen molar-refractivity contribution in [3.05, 3.63) is 27.7 Å². The smallest absolute Gasteiger partial charge is 0.254 e. The van der Waals surface area contributed by atoms with Crippen LogP contribution in [-0.4, -0.2) is 36.1 Å². The molecule has 0 saturated carbocycles. The van der Waals surface area contributed by atoms with Crippen molar-refractivity contribution >= 4 is 34.8 Å². The van der Waals surface area contributed by atoms with Gasteiger partial charge in [0.25, 0.3) is 5.91 Å². The zero-order valence-corrected chi connectivity index (χ0v) is 12.3. The van der Waals surface area contributed by atoms with Crippen LogP contribution in [0.5, 0.6) is 0 Å². The average Bonchev–Trinajstić information content (AvgIpc) is 2.33. The third-order valence-electron chi connectivity index (χ3n) is 3.03. The van der Waals surface area contributed by atoms with Crippen molar-refractivity contribution in [1.29, 1.82) is 0 Å². The number of ether oxygens (including phenoxy) is 1. The van der Waals surface area contributed by atoms with Crippen molar-refractivity contribution in [3.8, 4) is 0 Å². The Morgan fingerprint density at radius 3 is 2.21 bits per heavy atom. The summed E-state index contributed by atoms with van der Waals surface area (Å²) in [7, 11) is 0. The molecule has 1 aliphatic heterocycles. The molecule has 19 heavy (non-hydrogen) atoms. The molecule has 0 spiro atoms. The quantitative estimate of drug-likeness (QED) is 0.812. The van der Waals surface area contributed by atoms with E-state index < -0.39 is 0 Å². The van der Waals surface area contributed by atoms with Crippen LogP contribution in [0.1, 0.15) is 24.2 Å². The number of halogens is 2. The van der Waals surface area contributed by atoms with Crippen LogP contribution in [0.4, 0.5) is 5.69 Å². The molecule has 1 fully saturated rings. The first-order chi connectivity index (χ1) is 8.88. The van der Waals surface area contributed by atoms with Gasteiger partial charge < -0.3 is 15.4 Å². The molecular weight excluding hydrogens is 287 g/mol. The molecule has 1 aromatic rings. The molecule has 2 N–H and O–H groups in total. The maximum Gasteiger partial charge on any atom is 0.254 e. The molecule has 2 atom stereocenters. The lowest BCUT2D eigenvalue weighted by atomic mass is 10.1. The van der Waals surface area contributed by atoms with Gasteiger partial charge in [-0.2, -0.15) is 0 Å². The molecule has 0 aromatic heterocycles. The second kappa shape index (κ2) is 5.57. The number of nitrogens with zero attached hydrogens (tertiary/aromatic N) is 1. The Morgan fingerprint density at radius 2 is 1.74 bits per heavy atom.